The number of amides is 1. The van der Waals surface area contributed by atoms with E-state index in [1.54, 1.807) is 30.3 Å². The van der Waals surface area contributed by atoms with Crippen molar-refractivity contribution in [1.82, 2.24) is 9.78 Å². The number of primary amides is 1. The molecule has 0 spiro atoms. The molecule has 1 aromatic heterocycles. The molecule has 140 valence electrons. The number of aryl methyl sites for hydroxylation is 2. The monoisotopic (exact) mass is 373 g/mol. The van der Waals surface area contributed by atoms with Crippen molar-refractivity contribution < 1.29 is 18.0 Å². The van der Waals surface area contributed by atoms with Gasteiger partial charge >= 0.3 is 6.18 Å². The van der Waals surface area contributed by atoms with Crippen molar-refractivity contribution in [2.24, 2.45) is 5.73 Å². The summed E-state index contributed by atoms with van der Waals surface area (Å²) in [6.07, 6.45) is -4.48. The molecule has 0 atom stereocenters. The first-order valence-electron chi connectivity index (χ1n) is 8.27. The molecular weight excluding hydrogens is 355 g/mol. The zero-order chi connectivity index (χ0) is 19.8. The van der Waals surface area contributed by atoms with Gasteiger partial charge in [-0.1, -0.05) is 24.3 Å². The maximum absolute atomic E-state index is 13.2. The Morgan fingerprint density at radius 3 is 2.26 bits per heavy atom. The molecule has 2 N–H and O–H groups in total. The van der Waals surface area contributed by atoms with E-state index in [0.29, 0.717) is 22.5 Å². The summed E-state index contributed by atoms with van der Waals surface area (Å²) in [5.74, 6) is -0.475. The van der Waals surface area contributed by atoms with Crippen molar-refractivity contribution >= 4 is 5.91 Å². The summed E-state index contributed by atoms with van der Waals surface area (Å²) in [4.78, 5) is 11.0. The molecule has 1 amide bonds. The lowest BCUT2D eigenvalue weighted by Gasteiger charge is -2.10. The Labute approximate surface area is 154 Å². The minimum Gasteiger partial charge on any atom is -0.369 e. The van der Waals surface area contributed by atoms with Crippen molar-refractivity contribution in [3.63, 3.8) is 0 Å². The lowest BCUT2D eigenvalue weighted by Crippen LogP contribution is -2.13. The van der Waals surface area contributed by atoms with Crippen molar-refractivity contribution in [2.75, 3.05) is 0 Å². The molecule has 3 aromatic rings. The first-order chi connectivity index (χ1) is 12.6. The van der Waals surface area contributed by atoms with E-state index in [4.69, 9.17) is 5.73 Å². The third kappa shape index (κ3) is 4.02. The SMILES string of the molecule is Cc1ccc(-c2cc(C(F)(F)F)nn2-c2ccc(CC(N)=O)cc2)cc1C. The Balaban J connectivity index is 2.11. The van der Waals surface area contributed by atoms with Gasteiger partial charge < -0.3 is 5.73 Å². The van der Waals surface area contributed by atoms with Crippen molar-refractivity contribution in [1.29, 1.82) is 0 Å². The molecule has 0 aliphatic rings. The third-order valence-electron chi connectivity index (χ3n) is 4.36. The number of halogens is 3. The number of aromatic nitrogens is 2. The van der Waals surface area contributed by atoms with Crippen molar-refractivity contribution in [2.45, 2.75) is 26.4 Å². The third-order valence-corrected chi connectivity index (χ3v) is 4.36. The topological polar surface area (TPSA) is 60.9 Å². The highest BCUT2D eigenvalue weighted by Crippen LogP contribution is 2.33. The van der Waals surface area contributed by atoms with Gasteiger partial charge in [0.25, 0.3) is 0 Å². The number of carbonyl (C=O) groups excluding carboxylic acids is 1. The Morgan fingerprint density at radius 1 is 1.04 bits per heavy atom. The maximum atomic E-state index is 13.2. The maximum Gasteiger partial charge on any atom is 0.435 e. The Kier molecular flexibility index (Phi) is 4.78. The molecule has 0 bridgehead atoms. The minimum absolute atomic E-state index is 0.0667. The van der Waals surface area contributed by atoms with Crippen molar-refractivity contribution in [3.8, 4) is 16.9 Å². The molecule has 27 heavy (non-hydrogen) atoms. The predicted molar refractivity (Wildman–Crippen MR) is 96.4 cm³/mol. The molecule has 0 fully saturated rings. The number of hydrogen-bond acceptors (Lipinski definition) is 2. The molecule has 0 aliphatic heterocycles. The second kappa shape index (κ2) is 6.90. The van der Waals surface area contributed by atoms with E-state index in [9.17, 15) is 18.0 Å². The number of benzene rings is 2. The summed E-state index contributed by atoms with van der Waals surface area (Å²) in [6.45, 7) is 3.85. The van der Waals surface area contributed by atoms with Gasteiger partial charge in [-0.25, -0.2) is 4.68 Å². The van der Waals surface area contributed by atoms with Crippen LogP contribution in [0.1, 0.15) is 22.4 Å². The molecule has 0 saturated heterocycles. The van der Waals surface area contributed by atoms with Crippen LogP contribution in [0.5, 0.6) is 0 Å². The second-order valence-electron chi connectivity index (χ2n) is 6.43. The summed E-state index contributed by atoms with van der Waals surface area (Å²) in [5.41, 5.74) is 8.37. The molecular formula is C20H18F3N3O. The molecule has 0 saturated carbocycles. The average Bonchev–Trinajstić information content (AvgIpc) is 3.03. The van der Waals surface area contributed by atoms with Crippen LogP contribution in [-0.4, -0.2) is 15.7 Å². The van der Waals surface area contributed by atoms with Crippen LogP contribution >= 0.6 is 0 Å². The molecule has 2 aromatic carbocycles. The number of nitrogens with two attached hydrogens (primary N) is 1. The fraction of sp³-hybridized carbons (Fsp3) is 0.200. The highest BCUT2D eigenvalue weighted by atomic mass is 19.4. The minimum atomic E-state index is -4.55. The number of nitrogens with zero attached hydrogens (tertiary/aromatic N) is 2. The first-order valence-corrected chi connectivity index (χ1v) is 8.27. The van der Waals surface area contributed by atoms with Crippen LogP contribution in [0.25, 0.3) is 16.9 Å². The summed E-state index contributed by atoms with van der Waals surface area (Å²) in [5, 5.41) is 3.77. The van der Waals surface area contributed by atoms with E-state index in [2.05, 4.69) is 5.10 Å². The number of alkyl halides is 3. The van der Waals surface area contributed by atoms with Crippen LogP contribution in [0, 0.1) is 13.8 Å². The average molecular weight is 373 g/mol. The zero-order valence-electron chi connectivity index (χ0n) is 14.8. The lowest BCUT2D eigenvalue weighted by atomic mass is 10.0. The van der Waals surface area contributed by atoms with Gasteiger partial charge in [0, 0.05) is 5.56 Å². The Bertz CT molecular complexity index is 989. The quantitative estimate of drug-likeness (QED) is 0.745. The first kappa shape index (κ1) is 18.7. The van der Waals surface area contributed by atoms with Gasteiger partial charge in [-0.3, -0.25) is 4.79 Å². The van der Waals surface area contributed by atoms with Gasteiger partial charge in [-0.15, -0.1) is 0 Å². The van der Waals surface area contributed by atoms with Crippen molar-refractivity contribution in [3.05, 3.63) is 70.9 Å². The van der Waals surface area contributed by atoms with Crippen LogP contribution in [0.4, 0.5) is 13.2 Å². The van der Waals surface area contributed by atoms with Crippen LogP contribution in [0.2, 0.25) is 0 Å². The van der Waals surface area contributed by atoms with Crippen LogP contribution < -0.4 is 5.73 Å². The van der Waals surface area contributed by atoms with Crippen LogP contribution in [0.15, 0.2) is 48.5 Å². The fourth-order valence-electron chi connectivity index (χ4n) is 2.78. The number of rotatable bonds is 4. The van der Waals surface area contributed by atoms with Gasteiger partial charge in [0.05, 0.1) is 17.8 Å². The summed E-state index contributed by atoms with van der Waals surface area (Å²) >= 11 is 0. The van der Waals surface area contributed by atoms with Crippen LogP contribution in [-0.2, 0) is 17.4 Å². The Morgan fingerprint density at radius 2 is 1.70 bits per heavy atom. The summed E-state index contributed by atoms with van der Waals surface area (Å²) in [7, 11) is 0. The van der Waals surface area contributed by atoms with E-state index >= 15 is 0 Å². The van der Waals surface area contributed by atoms with Gasteiger partial charge in [-0.05, 0) is 54.8 Å². The fourth-order valence-corrected chi connectivity index (χ4v) is 2.78. The predicted octanol–water partition coefficient (Wildman–Crippen LogP) is 4.20. The van der Waals surface area contributed by atoms with Gasteiger partial charge in [0.2, 0.25) is 5.91 Å². The van der Waals surface area contributed by atoms with Gasteiger partial charge in [0.1, 0.15) is 0 Å². The molecule has 0 aliphatic carbocycles. The number of hydrogen-bond donors (Lipinski definition) is 1. The largest absolute Gasteiger partial charge is 0.435 e. The highest BCUT2D eigenvalue weighted by molar-refractivity contribution is 5.76. The second-order valence-corrected chi connectivity index (χ2v) is 6.43. The Hall–Kier alpha value is -3.09. The number of carbonyl (C=O) groups is 1. The van der Waals surface area contributed by atoms with E-state index in [1.807, 2.05) is 26.0 Å². The molecule has 1 heterocycles. The van der Waals surface area contributed by atoms with Crippen LogP contribution in [0.3, 0.4) is 0 Å². The standard InChI is InChI=1S/C20H18F3N3O/c1-12-3-6-15(9-13(12)2)17-11-18(20(21,22)23)25-26(17)16-7-4-14(5-8-16)10-19(24)27/h3-9,11H,10H2,1-2H3,(H2,24,27). The molecule has 7 heteroatoms. The highest BCUT2D eigenvalue weighted by Gasteiger charge is 2.35. The van der Waals surface area contributed by atoms with E-state index in [-0.39, 0.29) is 6.42 Å². The smallest absolute Gasteiger partial charge is 0.369 e. The lowest BCUT2D eigenvalue weighted by molar-refractivity contribution is -0.141. The molecule has 4 nitrogen and oxygen atoms in total. The summed E-state index contributed by atoms with van der Waals surface area (Å²) in [6, 6.07) is 13.1. The van der Waals surface area contributed by atoms with E-state index < -0.39 is 17.8 Å². The van der Waals surface area contributed by atoms with Gasteiger partial charge in [-0.2, -0.15) is 18.3 Å². The molecule has 0 radical (unpaired) electrons. The van der Waals surface area contributed by atoms with Gasteiger partial charge in [0.15, 0.2) is 5.69 Å². The van der Waals surface area contributed by atoms with E-state index in [1.165, 1.54) is 4.68 Å². The molecule has 3 rings (SSSR count). The normalized spacial score (nSPS) is 11.6. The molecule has 0 unspecified atom stereocenters. The summed E-state index contributed by atoms with van der Waals surface area (Å²) < 4.78 is 41.0. The van der Waals surface area contributed by atoms with E-state index in [0.717, 1.165) is 17.2 Å². The zero-order valence-corrected chi connectivity index (χ0v) is 14.8.